The normalized spacial score (nSPS) is 13.1. The Morgan fingerprint density at radius 2 is 2.11 bits per heavy atom. The minimum Gasteiger partial charge on any atom is -0.488 e. The van der Waals surface area contributed by atoms with Gasteiger partial charge in [-0.25, -0.2) is 14.8 Å². The van der Waals surface area contributed by atoms with E-state index >= 15 is 0 Å². The summed E-state index contributed by atoms with van der Waals surface area (Å²) >= 11 is 6.27. The van der Waals surface area contributed by atoms with Crippen molar-refractivity contribution >= 4 is 17.7 Å². The second-order valence-electron chi connectivity index (χ2n) is 7.05. The lowest BCUT2D eigenvalue weighted by atomic mass is 9.93. The standard InChI is InChI=1S/C19H25ClN4O3/c1-12(2)10-19(3,21)11-26-15-6-5-14(24-17(15)20)13-7-8-23-16(9-13)27-18(25)22-4/h5-9,12H,10-11,21H2,1-4H3,(H,22,25)/t19-/m0/s1. The van der Waals surface area contributed by atoms with Crippen molar-refractivity contribution in [2.45, 2.75) is 32.7 Å². The number of nitrogens with zero attached hydrogens (tertiary/aromatic N) is 2. The highest BCUT2D eigenvalue weighted by Crippen LogP contribution is 2.29. The Morgan fingerprint density at radius 1 is 1.37 bits per heavy atom. The van der Waals surface area contributed by atoms with Gasteiger partial charge in [-0.05, 0) is 37.5 Å². The predicted octanol–water partition coefficient (Wildman–Crippen LogP) is 3.66. The van der Waals surface area contributed by atoms with Crippen molar-refractivity contribution in [3.63, 3.8) is 0 Å². The summed E-state index contributed by atoms with van der Waals surface area (Å²) in [6.45, 7) is 6.52. The van der Waals surface area contributed by atoms with Crippen molar-refractivity contribution in [1.82, 2.24) is 15.3 Å². The van der Waals surface area contributed by atoms with Crippen molar-refractivity contribution in [2.24, 2.45) is 11.7 Å². The summed E-state index contributed by atoms with van der Waals surface area (Å²) in [5.41, 5.74) is 7.13. The van der Waals surface area contributed by atoms with Gasteiger partial charge in [0.15, 0.2) is 10.9 Å². The molecule has 3 N–H and O–H groups in total. The van der Waals surface area contributed by atoms with Crippen LogP contribution in [0.3, 0.4) is 0 Å². The molecule has 2 aromatic rings. The van der Waals surface area contributed by atoms with Crippen LogP contribution in [0.5, 0.6) is 11.6 Å². The lowest BCUT2D eigenvalue weighted by Crippen LogP contribution is -2.43. The van der Waals surface area contributed by atoms with Crippen LogP contribution in [0.25, 0.3) is 11.3 Å². The predicted molar refractivity (Wildman–Crippen MR) is 105 cm³/mol. The van der Waals surface area contributed by atoms with Gasteiger partial charge in [-0.3, -0.25) is 0 Å². The maximum Gasteiger partial charge on any atom is 0.413 e. The van der Waals surface area contributed by atoms with E-state index in [-0.39, 0.29) is 11.0 Å². The Kier molecular flexibility index (Phi) is 6.98. The first-order chi connectivity index (χ1) is 12.7. The highest BCUT2D eigenvalue weighted by Gasteiger charge is 2.22. The van der Waals surface area contributed by atoms with Crippen LogP contribution in [-0.4, -0.2) is 35.3 Å². The summed E-state index contributed by atoms with van der Waals surface area (Å²) in [7, 11) is 1.47. The van der Waals surface area contributed by atoms with Gasteiger partial charge >= 0.3 is 6.09 Å². The van der Waals surface area contributed by atoms with Crippen LogP contribution in [0.4, 0.5) is 4.79 Å². The van der Waals surface area contributed by atoms with Crippen molar-refractivity contribution < 1.29 is 14.3 Å². The van der Waals surface area contributed by atoms with E-state index in [1.165, 1.54) is 13.2 Å². The molecule has 2 rings (SSSR count). The molecule has 0 saturated carbocycles. The van der Waals surface area contributed by atoms with E-state index in [2.05, 4.69) is 29.1 Å². The smallest absolute Gasteiger partial charge is 0.413 e. The highest BCUT2D eigenvalue weighted by atomic mass is 35.5. The summed E-state index contributed by atoms with van der Waals surface area (Å²) in [6, 6.07) is 6.87. The fraction of sp³-hybridized carbons (Fsp3) is 0.421. The van der Waals surface area contributed by atoms with Crippen molar-refractivity contribution in [1.29, 1.82) is 0 Å². The van der Waals surface area contributed by atoms with Gasteiger partial charge in [0.25, 0.3) is 0 Å². The zero-order valence-corrected chi connectivity index (χ0v) is 16.7. The van der Waals surface area contributed by atoms with Gasteiger partial charge in [-0.15, -0.1) is 0 Å². The van der Waals surface area contributed by atoms with Gasteiger partial charge in [0.2, 0.25) is 5.88 Å². The molecule has 0 fully saturated rings. The molecule has 0 aliphatic carbocycles. The average Bonchev–Trinajstić information content (AvgIpc) is 2.59. The molecule has 0 bridgehead atoms. The summed E-state index contributed by atoms with van der Waals surface area (Å²) in [5.74, 6) is 1.10. The minimum absolute atomic E-state index is 0.165. The van der Waals surface area contributed by atoms with Gasteiger partial charge < -0.3 is 20.5 Å². The van der Waals surface area contributed by atoms with Crippen LogP contribution >= 0.6 is 11.6 Å². The summed E-state index contributed by atoms with van der Waals surface area (Å²) in [4.78, 5) is 19.7. The second kappa shape index (κ2) is 9.01. The van der Waals surface area contributed by atoms with Crippen LogP contribution < -0.4 is 20.5 Å². The van der Waals surface area contributed by atoms with Crippen LogP contribution in [0, 0.1) is 5.92 Å². The number of rotatable bonds is 7. The van der Waals surface area contributed by atoms with Gasteiger partial charge in [-0.2, -0.15) is 0 Å². The van der Waals surface area contributed by atoms with E-state index in [9.17, 15) is 4.79 Å². The number of nitrogens with one attached hydrogen (secondary N) is 1. The molecule has 27 heavy (non-hydrogen) atoms. The van der Waals surface area contributed by atoms with Gasteiger partial charge in [-0.1, -0.05) is 25.4 Å². The Balaban J connectivity index is 2.12. The molecular formula is C19H25ClN4O3. The first-order valence-electron chi connectivity index (χ1n) is 8.64. The van der Waals surface area contributed by atoms with E-state index in [4.69, 9.17) is 26.8 Å². The van der Waals surface area contributed by atoms with E-state index in [1.807, 2.05) is 6.92 Å². The molecule has 2 heterocycles. The SMILES string of the molecule is CNC(=O)Oc1cc(-c2ccc(OC[C@@](C)(N)CC(C)C)c(Cl)n2)ccn1. The summed E-state index contributed by atoms with van der Waals surface area (Å²) in [5, 5.41) is 2.60. The maximum atomic E-state index is 11.3. The Hall–Kier alpha value is -2.38. The number of aromatic nitrogens is 2. The Bertz CT molecular complexity index is 796. The average molecular weight is 393 g/mol. The van der Waals surface area contributed by atoms with E-state index in [1.54, 1.807) is 24.3 Å². The largest absolute Gasteiger partial charge is 0.488 e. The van der Waals surface area contributed by atoms with Crippen molar-refractivity contribution in [3.8, 4) is 22.9 Å². The number of amides is 1. The molecule has 146 valence electrons. The van der Waals surface area contributed by atoms with Crippen LogP contribution in [0.1, 0.15) is 27.2 Å². The highest BCUT2D eigenvalue weighted by molar-refractivity contribution is 6.30. The quantitative estimate of drug-likeness (QED) is 0.697. The number of pyridine rings is 2. The van der Waals surface area contributed by atoms with E-state index in [0.717, 1.165) is 6.42 Å². The number of hydrogen-bond acceptors (Lipinski definition) is 6. The van der Waals surface area contributed by atoms with Crippen LogP contribution in [0.2, 0.25) is 5.15 Å². The zero-order valence-electron chi connectivity index (χ0n) is 16.0. The van der Waals surface area contributed by atoms with E-state index < -0.39 is 11.6 Å². The molecule has 0 aromatic carbocycles. The number of halogens is 1. The van der Waals surface area contributed by atoms with Crippen molar-refractivity contribution in [2.75, 3.05) is 13.7 Å². The third-order valence-electron chi connectivity index (χ3n) is 3.68. The molecule has 8 heteroatoms. The number of carbonyl (C=O) groups is 1. The van der Waals surface area contributed by atoms with Gasteiger partial charge in [0, 0.05) is 30.4 Å². The first kappa shape index (κ1) is 20.9. The Morgan fingerprint density at radius 3 is 2.74 bits per heavy atom. The molecule has 2 aromatic heterocycles. The fourth-order valence-corrected chi connectivity index (χ4v) is 2.90. The summed E-state index contributed by atoms with van der Waals surface area (Å²) in [6.07, 6.45) is 1.77. The zero-order chi connectivity index (χ0) is 20.0. The maximum absolute atomic E-state index is 11.3. The number of hydrogen-bond donors (Lipinski definition) is 2. The molecule has 0 aliphatic rings. The monoisotopic (exact) mass is 392 g/mol. The molecule has 7 nitrogen and oxygen atoms in total. The minimum atomic E-state index is -0.597. The number of ether oxygens (including phenoxy) is 2. The molecular weight excluding hydrogens is 368 g/mol. The molecule has 0 radical (unpaired) electrons. The molecule has 0 spiro atoms. The number of carbonyl (C=O) groups excluding carboxylic acids is 1. The third kappa shape index (κ3) is 6.37. The molecule has 0 unspecified atom stereocenters. The fourth-order valence-electron chi connectivity index (χ4n) is 2.69. The molecule has 1 atom stereocenters. The van der Waals surface area contributed by atoms with Crippen LogP contribution in [-0.2, 0) is 0 Å². The number of nitrogens with two attached hydrogens (primary N) is 1. The Labute approximate surface area is 164 Å². The lowest BCUT2D eigenvalue weighted by molar-refractivity contribution is 0.201. The van der Waals surface area contributed by atoms with Gasteiger partial charge in [0.05, 0.1) is 5.69 Å². The second-order valence-corrected chi connectivity index (χ2v) is 7.41. The molecule has 1 amide bonds. The van der Waals surface area contributed by atoms with Crippen LogP contribution in [0.15, 0.2) is 30.5 Å². The first-order valence-corrected chi connectivity index (χ1v) is 9.02. The molecule has 0 saturated heterocycles. The van der Waals surface area contributed by atoms with Crippen molar-refractivity contribution in [3.05, 3.63) is 35.6 Å². The third-order valence-corrected chi connectivity index (χ3v) is 3.95. The van der Waals surface area contributed by atoms with Gasteiger partial charge in [0.1, 0.15) is 6.61 Å². The molecule has 0 aliphatic heterocycles. The topological polar surface area (TPSA) is 99.4 Å². The summed E-state index contributed by atoms with van der Waals surface area (Å²) < 4.78 is 10.8. The van der Waals surface area contributed by atoms with E-state index in [0.29, 0.717) is 29.5 Å². The lowest BCUT2D eigenvalue weighted by Gasteiger charge is -2.26.